The molecule has 62 heavy (non-hydrogen) atoms. The van der Waals surface area contributed by atoms with Crippen LogP contribution in [0.4, 0.5) is 11.4 Å². The third-order valence-electron chi connectivity index (χ3n) is 14.0. The van der Waals surface area contributed by atoms with Crippen LogP contribution in [0.5, 0.6) is 0 Å². The molecule has 0 aromatic heterocycles. The lowest BCUT2D eigenvalue weighted by Gasteiger charge is -2.21. The molecule has 0 spiro atoms. The van der Waals surface area contributed by atoms with E-state index in [1.54, 1.807) is 0 Å². The molecule has 0 amide bonds. The van der Waals surface area contributed by atoms with Crippen LogP contribution in [0.15, 0.2) is 84.9 Å². The molecule has 0 aliphatic heterocycles. The fraction of sp³-hybridized carbons (Fsp3) is 0.600. The highest BCUT2D eigenvalue weighted by Crippen LogP contribution is 2.35. The zero-order valence-electron chi connectivity index (χ0n) is 40.6. The molecule has 0 aliphatic rings. The molecule has 4 aromatic rings. The summed E-state index contributed by atoms with van der Waals surface area (Å²) in [5.41, 5.74) is 25.5. The van der Waals surface area contributed by atoms with Crippen molar-refractivity contribution in [3.05, 3.63) is 129 Å². The number of aryl methyl sites for hydroxylation is 4. The van der Waals surface area contributed by atoms with Gasteiger partial charge in [0.1, 0.15) is 0 Å². The van der Waals surface area contributed by atoms with Gasteiger partial charge in [0.2, 0.25) is 0 Å². The van der Waals surface area contributed by atoms with Gasteiger partial charge in [-0.05, 0) is 121 Å². The average Bonchev–Trinajstić information content (AvgIpc) is 3.27. The molecule has 2 heteroatoms. The van der Waals surface area contributed by atoms with Gasteiger partial charge in [-0.15, -0.1) is 0 Å². The van der Waals surface area contributed by atoms with Crippen LogP contribution in [0.3, 0.4) is 0 Å². The first-order valence-electron chi connectivity index (χ1n) is 26.3. The largest absolute Gasteiger partial charge is 0.399 e. The number of rotatable bonds is 35. The Bertz CT molecular complexity index is 1590. The summed E-state index contributed by atoms with van der Waals surface area (Å²) in [4.78, 5) is 0. The number of nitrogen functional groups attached to an aromatic ring is 2. The monoisotopic (exact) mass is 841 g/mol. The first-order chi connectivity index (χ1) is 30.4. The minimum absolute atomic E-state index is 0.462. The van der Waals surface area contributed by atoms with Crippen LogP contribution >= 0.6 is 0 Å². The lowest BCUT2D eigenvalue weighted by Crippen LogP contribution is -2.05. The van der Waals surface area contributed by atoms with Gasteiger partial charge >= 0.3 is 0 Å². The molecule has 4 N–H and O–H groups in total. The molecule has 0 aliphatic carbocycles. The van der Waals surface area contributed by atoms with Crippen LogP contribution in [0, 0.1) is 13.8 Å². The predicted octanol–water partition coefficient (Wildman–Crippen LogP) is 18.5. The topological polar surface area (TPSA) is 52.0 Å². The number of hydrogen-bond donors (Lipinski definition) is 2. The highest BCUT2D eigenvalue weighted by atomic mass is 14.5. The van der Waals surface area contributed by atoms with Gasteiger partial charge in [0.05, 0.1) is 0 Å². The number of unbranched alkanes of at least 4 members (excludes halogenated alkanes) is 23. The average molecular weight is 841 g/mol. The van der Waals surface area contributed by atoms with E-state index in [9.17, 15) is 0 Å². The van der Waals surface area contributed by atoms with Crippen molar-refractivity contribution in [1.82, 2.24) is 0 Å². The quantitative estimate of drug-likeness (QED) is 0.0358. The number of anilines is 2. The van der Waals surface area contributed by atoms with Gasteiger partial charge in [-0.1, -0.05) is 229 Å². The Kier molecular flexibility index (Phi) is 25.8. The second-order valence-electron chi connectivity index (χ2n) is 19.4. The van der Waals surface area contributed by atoms with E-state index in [2.05, 4.69) is 113 Å². The van der Waals surface area contributed by atoms with Crippen molar-refractivity contribution in [2.45, 2.75) is 232 Å². The highest BCUT2D eigenvalue weighted by Gasteiger charge is 2.18. The van der Waals surface area contributed by atoms with E-state index in [1.807, 2.05) is 0 Å². The molecular weight excluding hydrogens is 749 g/mol. The Balaban J connectivity index is 1.04. The molecule has 0 radical (unpaired) electrons. The molecule has 0 saturated carbocycles. The van der Waals surface area contributed by atoms with Crippen molar-refractivity contribution in [1.29, 1.82) is 0 Å². The Morgan fingerprint density at radius 3 is 0.935 bits per heavy atom. The molecule has 0 bridgehead atoms. The van der Waals surface area contributed by atoms with E-state index in [0.29, 0.717) is 11.8 Å². The van der Waals surface area contributed by atoms with Gasteiger partial charge in [0, 0.05) is 23.2 Å². The van der Waals surface area contributed by atoms with E-state index in [1.165, 1.54) is 237 Å². The summed E-state index contributed by atoms with van der Waals surface area (Å²) in [6, 6.07) is 32.4. The molecule has 4 rings (SSSR count). The van der Waals surface area contributed by atoms with Crippen molar-refractivity contribution >= 4 is 11.4 Å². The van der Waals surface area contributed by atoms with E-state index in [0.717, 1.165) is 11.4 Å². The highest BCUT2D eigenvalue weighted by molar-refractivity contribution is 5.49. The van der Waals surface area contributed by atoms with Crippen LogP contribution in [-0.2, 0) is 12.8 Å². The number of hydrogen-bond acceptors (Lipinski definition) is 2. The maximum atomic E-state index is 6.14. The fourth-order valence-electron chi connectivity index (χ4n) is 10.1. The normalized spacial score (nSPS) is 12.5. The summed E-state index contributed by atoms with van der Waals surface area (Å²) in [6.07, 6.45) is 40.4. The van der Waals surface area contributed by atoms with Crippen molar-refractivity contribution in [2.24, 2.45) is 0 Å². The number of benzene rings is 4. The Hall–Kier alpha value is -3.52. The van der Waals surface area contributed by atoms with Gasteiger partial charge < -0.3 is 11.5 Å². The van der Waals surface area contributed by atoms with E-state index < -0.39 is 0 Å². The lowest BCUT2D eigenvalue weighted by molar-refractivity contribution is 0.540. The van der Waals surface area contributed by atoms with Crippen molar-refractivity contribution in [3.8, 4) is 0 Å². The zero-order chi connectivity index (χ0) is 44.0. The van der Waals surface area contributed by atoms with Gasteiger partial charge in [0.25, 0.3) is 0 Å². The molecule has 2 unspecified atom stereocenters. The van der Waals surface area contributed by atoms with Gasteiger partial charge in [0.15, 0.2) is 0 Å². The van der Waals surface area contributed by atoms with Crippen molar-refractivity contribution in [3.63, 3.8) is 0 Å². The van der Waals surface area contributed by atoms with Crippen LogP contribution < -0.4 is 11.5 Å². The molecule has 0 heterocycles. The summed E-state index contributed by atoms with van der Waals surface area (Å²) < 4.78 is 0. The molecule has 0 saturated heterocycles. The molecular formula is C60H92N2. The summed E-state index contributed by atoms with van der Waals surface area (Å²) >= 11 is 0. The number of nitrogens with two attached hydrogens (primary N) is 2. The van der Waals surface area contributed by atoms with Crippen LogP contribution in [-0.4, -0.2) is 0 Å². The van der Waals surface area contributed by atoms with E-state index in [-0.39, 0.29) is 0 Å². The van der Waals surface area contributed by atoms with E-state index >= 15 is 0 Å². The lowest BCUT2D eigenvalue weighted by atomic mass is 9.84. The summed E-state index contributed by atoms with van der Waals surface area (Å²) in [5, 5.41) is 0. The van der Waals surface area contributed by atoms with E-state index in [4.69, 9.17) is 11.5 Å². The first kappa shape index (κ1) is 51.1. The van der Waals surface area contributed by atoms with Gasteiger partial charge in [-0.2, -0.15) is 0 Å². The zero-order valence-corrected chi connectivity index (χ0v) is 40.6. The molecule has 4 aromatic carbocycles. The Morgan fingerprint density at radius 2 is 0.629 bits per heavy atom. The molecule has 342 valence electrons. The van der Waals surface area contributed by atoms with Crippen molar-refractivity contribution < 1.29 is 0 Å². The molecule has 2 atom stereocenters. The minimum atomic E-state index is 0.462. The third kappa shape index (κ3) is 19.9. The summed E-state index contributed by atoms with van der Waals surface area (Å²) in [7, 11) is 0. The van der Waals surface area contributed by atoms with Crippen LogP contribution in [0.2, 0.25) is 0 Å². The molecule has 0 fully saturated rings. The third-order valence-corrected chi connectivity index (χ3v) is 14.0. The molecule has 2 nitrogen and oxygen atoms in total. The fourth-order valence-corrected chi connectivity index (χ4v) is 10.1. The predicted molar refractivity (Wildman–Crippen MR) is 276 cm³/mol. The van der Waals surface area contributed by atoms with Gasteiger partial charge in [-0.3, -0.25) is 0 Å². The van der Waals surface area contributed by atoms with Crippen LogP contribution in [0.25, 0.3) is 0 Å². The maximum Gasteiger partial charge on any atom is 0.0316 e. The maximum absolute atomic E-state index is 6.14. The summed E-state index contributed by atoms with van der Waals surface area (Å²) in [5.74, 6) is 0.924. The first-order valence-corrected chi connectivity index (χ1v) is 26.3. The smallest absolute Gasteiger partial charge is 0.0316 e. The Labute approximate surface area is 382 Å². The second kappa shape index (κ2) is 31.3. The SMILES string of the molecule is CCCCCCCCCC(c1ccc(CCCCCCCCCCCCCCc2ccc(C(CCCCCCCCC)c3ccc(N)cc3C)cc2)cc1)c1ccc(N)cc1C. The standard InChI is InChI=1S/C60H92N2/c1-5-7-9-11-19-25-29-33-59(57-45-43-55(61)47-49(57)3)53-39-35-51(36-40-53)31-27-23-21-17-15-13-14-16-18-22-24-28-32-52-37-41-54(42-38-52)60(34-30-26-20-12-10-8-6-2)58-46-44-56(62)48-50(58)4/h35-48,59-60H,5-34,61-62H2,1-4H3. The summed E-state index contributed by atoms with van der Waals surface area (Å²) in [6.45, 7) is 9.07. The van der Waals surface area contributed by atoms with Crippen LogP contribution in [0.1, 0.15) is 250 Å². The minimum Gasteiger partial charge on any atom is -0.399 e. The van der Waals surface area contributed by atoms with Gasteiger partial charge in [-0.25, -0.2) is 0 Å². The Morgan fingerprint density at radius 1 is 0.339 bits per heavy atom. The second-order valence-corrected chi connectivity index (χ2v) is 19.4. The van der Waals surface area contributed by atoms with Crippen molar-refractivity contribution in [2.75, 3.05) is 11.5 Å².